The van der Waals surface area contributed by atoms with E-state index in [1.165, 1.54) is 7.11 Å². The van der Waals surface area contributed by atoms with Gasteiger partial charge in [0.1, 0.15) is 5.75 Å². The fraction of sp³-hybridized carbons (Fsp3) is 0.381. The molecule has 0 bridgehead atoms. The minimum Gasteiger partial charge on any atom is -0.495 e. The predicted molar refractivity (Wildman–Crippen MR) is 113 cm³/mol. The molecule has 0 spiro atoms. The lowest BCUT2D eigenvalue weighted by Crippen LogP contribution is -2.62. The molecule has 8 heteroatoms. The normalized spacial score (nSPS) is 24.9. The maximum atomic E-state index is 13.2. The zero-order valence-corrected chi connectivity index (χ0v) is 17.9. The smallest absolute Gasteiger partial charge is 0.241 e. The van der Waals surface area contributed by atoms with E-state index in [0.29, 0.717) is 16.5 Å². The predicted octanol–water partition coefficient (Wildman–Crippen LogP) is 2.92. The van der Waals surface area contributed by atoms with Crippen molar-refractivity contribution >= 4 is 33.0 Å². The highest BCUT2D eigenvalue weighted by atomic mass is 35.5. The zero-order valence-electron chi connectivity index (χ0n) is 16.3. The van der Waals surface area contributed by atoms with Gasteiger partial charge < -0.3 is 9.64 Å². The van der Waals surface area contributed by atoms with Crippen molar-refractivity contribution in [3.05, 3.63) is 59.1 Å². The second-order valence-electron chi connectivity index (χ2n) is 7.55. The van der Waals surface area contributed by atoms with Crippen LogP contribution in [0.5, 0.6) is 5.75 Å². The number of anilines is 1. The Kier molecular flexibility index (Phi) is 5.31. The monoisotopic (exact) mass is 434 g/mol. The number of hydrogen-bond donors (Lipinski definition) is 0. The molecule has 4 rings (SSSR count). The van der Waals surface area contributed by atoms with Crippen LogP contribution in [0.25, 0.3) is 0 Å². The Labute approximate surface area is 175 Å². The number of piperazine rings is 1. The molecule has 0 N–H and O–H groups in total. The maximum Gasteiger partial charge on any atom is 0.241 e. The van der Waals surface area contributed by atoms with Gasteiger partial charge in [-0.3, -0.25) is 9.69 Å². The molecule has 0 radical (unpaired) electrons. The maximum absolute atomic E-state index is 13.2. The lowest BCUT2D eigenvalue weighted by molar-refractivity contribution is -0.124. The Hall–Kier alpha value is -2.09. The van der Waals surface area contributed by atoms with E-state index in [9.17, 15) is 13.2 Å². The number of methoxy groups -OCH3 is 1. The number of fused-ring (bicyclic) bond motifs is 1. The molecule has 2 heterocycles. The van der Waals surface area contributed by atoms with Crippen LogP contribution in [0, 0.1) is 0 Å². The van der Waals surface area contributed by atoms with Gasteiger partial charge in [0.15, 0.2) is 9.84 Å². The summed E-state index contributed by atoms with van der Waals surface area (Å²) < 4.78 is 30.3. The SMILES string of the molecule is COc1ccc(N2C(=O)CN([C@@H](C)c3ccccc3)[C@H]3CS(=O)(=O)C[C@H]32)cc1Cl. The van der Waals surface area contributed by atoms with Crippen molar-refractivity contribution in [2.24, 2.45) is 0 Å². The molecule has 2 fully saturated rings. The van der Waals surface area contributed by atoms with Gasteiger partial charge in [-0.25, -0.2) is 8.42 Å². The third-order valence-electron chi connectivity index (χ3n) is 5.83. The molecule has 0 unspecified atom stereocenters. The second-order valence-corrected chi connectivity index (χ2v) is 10.1. The number of amides is 1. The average Bonchev–Trinajstić information content (AvgIpc) is 3.02. The molecule has 3 atom stereocenters. The zero-order chi connectivity index (χ0) is 20.8. The minimum absolute atomic E-state index is 0.0442. The highest BCUT2D eigenvalue weighted by Gasteiger charge is 2.51. The van der Waals surface area contributed by atoms with Gasteiger partial charge in [0.25, 0.3) is 0 Å². The number of rotatable bonds is 4. The van der Waals surface area contributed by atoms with Gasteiger partial charge in [0, 0.05) is 17.8 Å². The number of ether oxygens (including phenoxy) is 1. The van der Waals surface area contributed by atoms with Gasteiger partial charge >= 0.3 is 0 Å². The highest BCUT2D eigenvalue weighted by molar-refractivity contribution is 7.91. The van der Waals surface area contributed by atoms with Gasteiger partial charge in [-0.2, -0.15) is 0 Å². The molecule has 29 heavy (non-hydrogen) atoms. The fourth-order valence-electron chi connectivity index (χ4n) is 4.40. The summed E-state index contributed by atoms with van der Waals surface area (Å²) in [7, 11) is -1.73. The van der Waals surface area contributed by atoms with E-state index >= 15 is 0 Å². The molecule has 2 aliphatic rings. The van der Waals surface area contributed by atoms with E-state index in [0.717, 1.165) is 5.56 Å². The number of carbonyl (C=O) groups excluding carboxylic acids is 1. The number of benzene rings is 2. The summed E-state index contributed by atoms with van der Waals surface area (Å²) in [6.07, 6.45) is 0. The Morgan fingerprint density at radius 1 is 1.10 bits per heavy atom. The quantitative estimate of drug-likeness (QED) is 0.740. The summed E-state index contributed by atoms with van der Waals surface area (Å²) in [5, 5.41) is 0.385. The Bertz CT molecular complexity index is 1030. The third-order valence-corrected chi connectivity index (χ3v) is 7.82. The van der Waals surface area contributed by atoms with Crippen molar-refractivity contribution in [3.63, 3.8) is 0 Å². The minimum atomic E-state index is -3.26. The van der Waals surface area contributed by atoms with Crippen LogP contribution >= 0.6 is 11.6 Å². The van der Waals surface area contributed by atoms with Gasteiger partial charge in [-0.15, -0.1) is 0 Å². The first kappa shape index (κ1) is 20.2. The van der Waals surface area contributed by atoms with E-state index in [2.05, 4.69) is 0 Å². The summed E-state index contributed by atoms with van der Waals surface area (Å²) in [5.41, 5.74) is 1.66. The largest absolute Gasteiger partial charge is 0.495 e. The first-order valence-corrected chi connectivity index (χ1v) is 11.7. The first-order valence-electron chi connectivity index (χ1n) is 9.47. The summed E-state index contributed by atoms with van der Waals surface area (Å²) >= 11 is 6.26. The van der Waals surface area contributed by atoms with Crippen molar-refractivity contribution < 1.29 is 17.9 Å². The van der Waals surface area contributed by atoms with Gasteiger partial charge in [0.2, 0.25) is 5.91 Å². The van der Waals surface area contributed by atoms with Crippen LogP contribution in [0.3, 0.4) is 0 Å². The fourth-order valence-corrected chi connectivity index (χ4v) is 6.61. The lowest BCUT2D eigenvalue weighted by Gasteiger charge is -2.46. The molecule has 0 aliphatic carbocycles. The van der Waals surface area contributed by atoms with Crippen LogP contribution in [-0.2, 0) is 14.6 Å². The summed E-state index contributed by atoms with van der Waals surface area (Å²) in [6, 6.07) is 14.2. The van der Waals surface area contributed by atoms with Crippen molar-refractivity contribution in [2.75, 3.05) is 30.1 Å². The molecule has 2 aromatic carbocycles. The van der Waals surface area contributed by atoms with E-state index in [4.69, 9.17) is 16.3 Å². The second kappa shape index (κ2) is 7.63. The average molecular weight is 435 g/mol. The van der Waals surface area contributed by atoms with Crippen molar-refractivity contribution in [3.8, 4) is 5.75 Å². The van der Waals surface area contributed by atoms with Crippen LogP contribution in [0.2, 0.25) is 5.02 Å². The molecule has 1 amide bonds. The number of nitrogens with zero attached hydrogens (tertiary/aromatic N) is 2. The topological polar surface area (TPSA) is 66.9 Å². The third kappa shape index (κ3) is 3.74. The lowest BCUT2D eigenvalue weighted by atomic mass is 9.98. The molecule has 0 saturated carbocycles. The van der Waals surface area contributed by atoms with Gasteiger partial charge in [-0.05, 0) is 30.7 Å². The molecule has 2 aliphatic heterocycles. The van der Waals surface area contributed by atoms with E-state index in [1.807, 2.05) is 42.2 Å². The summed E-state index contributed by atoms with van der Waals surface area (Å²) in [5.74, 6) is 0.371. The van der Waals surface area contributed by atoms with Crippen LogP contribution in [0.4, 0.5) is 5.69 Å². The number of carbonyl (C=O) groups is 1. The van der Waals surface area contributed by atoms with E-state index < -0.39 is 15.9 Å². The van der Waals surface area contributed by atoms with E-state index in [1.54, 1.807) is 23.1 Å². The van der Waals surface area contributed by atoms with Crippen molar-refractivity contribution in [1.29, 1.82) is 0 Å². The van der Waals surface area contributed by atoms with Gasteiger partial charge in [-0.1, -0.05) is 41.9 Å². The molecular formula is C21H23ClN2O4S. The number of halogens is 1. The van der Waals surface area contributed by atoms with Crippen LogP contribution in [-0.4, -0.2) is 56.5 Å². The Morgan fingerprint density at radius 2 is 1.79 bits per heavy atom. The Balaban J connectivity index is 1.71. The van der Waals surface area contributed by atoms with E-state index in [-0.39, 0.29) is 36.0 Å². The van der Waals surface area contributed by atoms with Crippen LogP contribution in [0.1, 0.15) is 18.5 Å². The molecule has 2 aromatic rings. The van der Waals surface area contributed by atoms with Crippen LogP contribution < -0.4 is 9.64 Å². The van der Waals surface area contributed by atoms with Crippen LogP contribution in [0.15, 0.2) is 48.5 Å². The first-order chi connectivity index (χ1) is 13.8. The summed E-state index contributed by atoms with van der Waals surface area (Å²) in [4.78, 5) is 16.8. The molecular weight excluding hydrogens is 412 g/mol. The summed E-state index contributed by atoms with van der Waals surface area (Å²) in [6.45, 7) is 2.17. The number of hydrogen-bond acceptors (Lipinski definition) is 5. The van der Waals surface area contributed by atoms with Crippen molar-refractivity contribution in [1.82, 2.24) is 4.90 Å². The molecule has 2 saturated heterocycles. The number of sulfone groups is 1. The Morgan fingerprint density at radius 3 is 2.45 bits per heavy atom. The molecule has 6 nitrogen and oxygen atoms in total. The highest BCUT2D eigenvalue weighted by Crippen LogP contribution is 2.38. The van der Waals surface area contributed by atoms with Gasteiger partial charge in [0.05, 0.1) is 36.2 Å². The standard InChI is InChI=1S/C21H23ClN2O4S/c1-14(15-6-4-3-5-7-15)23-11-21(25)24(19-13-29(26,27)12-18(19)23)16-8-9-20(28-2)17(22)10-16/h3-10,14,18-19H,11-13H2,1-2H3/t14-,18-,19+/m0/s1. The van der Waals surface area contributed by atoms with Crippen molar-refractivity contribution in [2.45, 2.75) is 25.0 Å². The molecule has 154 valence electrons. The molecule has 0 aromatic heterocycles.